The van der Waals surface area contributed by atoms with Crippen molar-refractivity contribution in [1.29, 1.82) is 0 Å². The van der Waals surface area contributed by atoms with Crippen molar-refractivity contribution in [3.63, 3.8) is 0 Å². The van der Waals surface area contributed by atoms with Crippen LogP contribution in [-0.2, 0) is 0 Å². The highest BCUT2D eigenvalue weighted by molar-refractivity contribution is 6.04. The molecule has 0 bridgehead atoms. The van der Waals surface area contributed by atoms with Crippen LogP contribution >= 0.6 is 0 Å². The Morgan fingerprint density at radius 1 is 0.955 bits per heavy atom. The molecule has 1 fully saturated rings. The van der Waals surface area contributed by atoms with Gasteiger partial charge in [0, 0.05) is 11.1 Å². The van der Waals surface area contributed by atoms with Gasteiger partial charge in [0.05, 0.1) is 0 Å². The van der Waals surface area contributed by atoms with Gasteiger partial charge in [0.2, 0.25) is 0 Å². The van der Waals surface area contributed by atoms with Gasteiger partial charge in [-0.05, 0) is 64.5 Å². The largest absolute Gasteiger partial charge is 0.398 e. The third kappa shape index (κ3) is 1.85. The molecule has 0 saturated heterocycles. The molecule has 1 atom stereocenters. The molecule has 0 aromatic heterocycles. The molecule has 1 aliphatic carbocycles. The predicted octanol–water partition coefficient (Wildman–Crippen LogP) is 5.87. The maximum Gasteiger partial charge on any atom is 0.0429 e. The summed E-state index contributed by atoms with van der Waals surface area (Å²) in [5, 5.41) is 5.01. The quantitative estimate of drug-likeness (QED) is 0.473. The molecule has 4 rings (SSSR count). The summed E-state index contributed by atoms with van der Waals surface area (Å²) in [4.78, 5) is 0. The topological polar surface area (TPSA) is 26.0 Å². The van der Waals surface area contributed by atoms with Crippen LogP contribution in [0.5, 0.6) is 0 Å². The number of hydrogen-bond acceptors (Lipinski definition) is 1. The summed E-state index contributed by atoms with van der Waals surface area (Å²) in [6, 6.07) is 17.5. The second-order valence-electron chi connectivity index (χ2n) is 6.82. The Morgan fingerprint density at radius 2 is 1.64 bits per heavy atom. The molecular formula is C21H23N. The van der Waals surface area contributed by atoms with E-state index < -0.39 is 0 Å². The van der Waals surface area contributed by atoms with Crippen molar-refractivity contribution in [2.75, 3.05) is 5.73 Å². The minimum absolute atomic E-state index is 0.499. The zero-order valence-electron chi connectivity index (χ0n) is 13.4. The van der Waals surface area contributed by atoms with Gasteiger partial charge in [0.15, 0.2) is 0 Å². The zero-order chi connectivity index (χ0) is 15.3. The molecular weight excluding hydrogens is 266 g/mol. The van der Waals surface area contributed by atoms with Gasteiger partial charge < -0.3 is 5.73 Å². The van der Waals surface area contributed by atoms with Gasteiger partial charge in [-0.2, -0.15) is 0 Å². The summed E-state index contributed by atoms with van der Waals surface area (Å²) in [6.07, 6.45) is 3.80. The number of benzene rings is 3. The van der Waals surface area contributed by atoms with Crippen LogP contribution in [0.15, 0.2) is 48.5 Å². The minimum Gasteiger partial charge on any atom is -0.398 e. The Hall–Kier alpha value is -2.02. The summed E-state index contributed by atoms with van der Waals surface area (Å²) >= 11 is 0. The maximum atomic E-state index is 6.58. The van der Waals surface area contributed by atoms with Crippen molar-refractivity contribution < 1.29 is 0 Å². The Labute approximate surface area is 132 Å². The molecule has 1 aliphatic rings. The second kappa shape index (κ2) is 4.74. The van der Waals surface area contributed by atoms with Crippen molar-refractivity contribution in [1.82, 2.24) is 0 Å². The van der Waals surface area contributed by atoms with E-state index in [0.29, 0.717) is 11.3 Å². The number of rotatable bonds is 3. The minimum atomic E-state index is 0.499. The van der Waals surface area contributed by atoms with Gasteiger partial charge in [-0.3, -0.25) is 0 Å². The number of fused-ring (bicyclic) bond motifs is 2. The summed E-state index contributed by atoms with van der Waals surface area (Å²) in [5.41, 5.74) is 9.44. The summed E-state index contributed by atoms with van der Waals surface area (Å²) in [5.74, 6) is 0.651. The highest BCUT2D eigenvalue weighted by Crippen LogP contribution is 2.64. The van der Waals surface area contributed by atoms with Gasteiger partial charge in [0.25, 0.3) is 0 Å². The normalized spacial score (nSPS) is 19.6. The first-order chi connectivity index (χ1) is 10.7. The number of anilines is 1. The van der Waals surface area contributed by atoms with Crippen LogP contribution in [0, 0.1) is 5.41 Å². The summed E-state index contributed by atoms with van der Waals surface area (Å²) in [6.45, 7) is 4.63. The average molecular weight is 289 g/mol. The SMILES string of the molecule is CCC1(CC)CC1c1ccc2cc3ccccc3cc2c1N. The first-order valence-corrected chi connectivity index (χ1v) is 8.39. The molecule has 1 heteroatoms. The molecule has 0 aliphatic heterocycles. The standard InChI is InChI=1S/C21H23N/c1-3-21(4-2)13-19(21)17-10-9-16-11-14-7-5-6-8-15(14)12-18(16)20(17)22/h5-12,19H,3-4,13,22H2,1-2H3. The van der Waals surface area contributed by atoms with Crippen molar-refractivity contribution in [2.24, 2.45) is 5.41 Å². The highest BCUT2D eigenvalue weighted by atomic mass is 14.6. The van der Waals surface area contributed by atoms with Gasteiger partial charge >= 0.3 is 0 Å². The molecule has 3 aromatic rings. The zero-order valence-corrected chi connectivity index (χ0v) is 13.4. The smallest absolute Gasteiger partial charge is 0.0429 e. The van der Waals surface area contributed by atoms with E-state index in [2.05, 4.69) is 62.4 Å². The molecule has 1 unspecified atom stereocenters. The van der Waals surface area contributed by atoms with Crippen molar-refractivity contribution in [3.8, 4) is 0 Å². The van der Waals surface area contributed by atoms with Crippen molar-refractivity contribution >= 4 is 27.2 Å². The fourth-order valence-corrected chi connectivity index (χ4v) is 4.18. The van der Waals surface area contributed by atoms with E-state index in [1.807, 2.05) is 0 Å². The fourth-order valence-electron chi connectivity index (χ4n) is 4.18. The van der Waals surface area contributed by atoms with Gasteiger partial charge in [-0.15, -0.1) is 0 Å². The Morgan fingerprint density at radius 3 is 2.27 bits per heavy atom. The summed E-state index contributed by atoms with van der Waals surface area (Å²) < 4.78 is 0. The van der Waals surface area contributed by atoms with E-state index in [0.717, 1.165) is 5.69 Å². The van der Waals surface area contributed by atoms with Crippen LogP contribution in [0.25, 0.3) is 21.5 Å². The molecule has 112 valence electrons. The monoisotopic (exact) mass is 289 g/mol. The second-order valence-corrected chi connectivity index (χ2v) is 6.82. The molecule has 2 N–H and O–H groups in total. The molecule has 0 radical (unpaired) electrons. The third-order valence-electron chi connectivity index (χ3n) is 5.93. The van der Waals surface area contributed by atoms with E-state index in [4.69, 9.17) is 5.73 Å². The van der Waals surface area contributed by atoms with E-state index in [-0.39, 0.29) is 0 Å². The van der Waals surface area contributed by atoms with Gasteiger partial charge in [-0.25, -0.2) is 0 Å². The van der Waals surface area contributed by atoms with Crippen LogP contribution in [0.3, 0.4) is 0 Å². The van der Waals surface area contributed by atoms with E-state index >= 15 is 0 Å². The van der Waals surface area contributed by atoms with Gasteiger partial charge in [-0.1, -0.05) is 50.2 Å². The van der Waals surface area contributed by atoms with Gasteiger partial charge in [0.1, 0.15) is 0 Å². The van der Waals surface area contributed by atoms with Crippen LogP contribution in [-0.4, -0.2) is 0 Å². The average Bonchev–Trinajstić information content (AvgIpc) is 3.29. The predicted molar refractivity (Wildman–Crippen MR) is 96.2 cm³/mol. The maximum absolute atomic E-state index is 6.58. The number of nitrogen functional groups attached to an aromatic ring is 1. The van der Waals surface area contributed by atoms with E-state index in [9.17, 15) is 0 Å². The third-order valence-corrected chi connectivity index (χ3v) is 5.93. The lowest BCUT2D eigenvalue weighted by atomic mass is 9.91. The fraction of sp³-hybridized carbons (Fsp3) is 0.333. The molecule has 3 aromatic carbocycles. The first-order valence-electron chi connectivity index (χ1n) is 8.39. The Balaban J connectivity index is 1.89. The van der Waals surface area contributed by atoms with Crippen LogP contribution in [0.2, 0.25) is 0 Å². The lowest BCUT2D eigenvalue weighted by Gasteiger charge is -2.15. The lowest BCUT2D eigenvalue weighted by Crippen LogP contribution is -2.02. The lowest BCUT2D eigenvalue weighted by molar-refractivity contribution is 0.455. The highest BCUT2D eigenvalue weighted by Gasteiger charge is 2.52. The van der Waals surface area contributed by atoms with Crippen molar-refractivity contribution in [2.45, 2.75) is 39.0 Å². The number of hydrogen-bond donors (Lipinski definition) is 1. The number of nitrogens with two attached hydrogens (primary N) is 1. The van der Waals surface area contributed by atoms with E-state index in [1.165, 1.54) is 46.4 Å². The van der Waals surface area contributed by atoms with Crippen LogP contribution in [0.4, 0.5) is 5.69 Å². The Kier molecular flexibility index (Phi) is 2.94. The van der Waals surface area contributed by atoms with Crippen LogP contribution in [0.1, 0.15) is 44.6 Å². The molecule has 1 saturated carbocycles. The van der Waals surface area contributed by atoms with E-state index in [1.54, 1.807) is 0 Å². The van der Waals surface area contributed by atoms with Crippen molar-refractivity contribution in [3.05, 3.63) is 54.1 Å². The Bertz CT molecular complexity index is 858. The molecule has 1 nitrogen and oxygen atoms in total. The summed E-state index contributed by atoms with van der Waals surface area (Å²) in [7, 11) is 0. The molecule has 0 amide bonds. The molecule has 22 heavy (non-hydrogen) atoms. The molecule has 0 spiro atoms. The molecule has 0 heterocycles. The van der Waals surface area contributed by atoms with Crippen LogP contribution < -0.4 is 5.73 Å². The first kappa shape index (κ1) is 13.6.